The molecule has 0 unspecified atom stereocenters. The van der Waals surface area contributed by atoms with Crippen LogP contribution in [-0.2, 0) is 4.18 Å². The van der Waals surface area contributed by atoms with Crippen LogP contribution in [0.2, 0.25) is 0 Å². The predicted molar refractivity (Wildman–Crippen MR) is 75.9 cm³/mol. The molecule has 0 amide bonds. The van der Waals surface area contributed by atoms with E-state index in [1.807, 2.05) is 0 Å². The third kappa shape index (κ3) is 8.46. The first-order valence-corrected chi connectivity index (χ1v) is 7.44. The van der Waals surface area contributed by atoms with Crippen LogP contribution >= 0.6 is 12.0 Å². The van der Waals surface area contributed by atoms with E-state index in [2.05, 4.69) is 41.5 Å². The summed E-state index contributed by atoms with van der Waals surface area (Å²) in [7, 11) is 0. The highest BCUT2D eigenvalue weighted by molar-refractivity contribution is 7.96. The molecule has 0 aromatic carbocycles. The highest BCUT2D eigenvalue weighted by atomic mass is 32.2. The molecule has 0 aromatic rings. The largest absolute Gasteiger partial charge is 0.309 e. The third-order valence-electron chi connectivity index (χ3n) is 2.73. The molecule has 0 aliphatic heterocycles. The van der Waals surface area contributed by atoms with Gasteiger partial charge in [-0.05, 0) is 52.6 Å². The summed E-state index contributed by atoms with van der Waals surface area (Å²) in [4.78, 5) is 0. The van der Waals surface area contributed by atoms with Crippen molar-refractivity contribution in [2.45, 2.75) is 90.4 Å². The van der Waals surface area contributed by atoms with Gasteiger partial charge in [-0.25, -0.2) is 0 Å². The van der Waals surface area contributed by atoms with Gasteiger partial charge in [0.05, 0.1) is 5.60 Å². The van der Waals surface area contributed by atoms with Crippen LogP contribution in [-0.4, -0.2) is 10.3 Å². The molecule has 1 nitrogen and oxygen atoms in total. The van der Waals surface area contributed by atoms with Crippen LogP contribution in [0.3, 0.4) is 0 Å². The van der Waals surface area contributed by atoms with Gasteiger partial charge in [0.2, 0.25) is 0 Å². The van der Waals surface area contributed by atoms with Crippen LogP contribution in [0.15, 0.2) is 0 Å². The Kier molecular flexibility index (Phi) is 7.75. The summed E-state index contributed by atoms with van der Waals surface area (Å²) < 4.78 is 6.23. The van der Waals surface area contributed by atoms with Crippen LogP contribution in [0, 0.1) is 0 Å². The molecule has 0 aromatic heterocycles. The lowest BCUT2D eigenvalue weighted by Crippen LogP contribution is -2.25. The van der Waals surface area contributed by atoms with E-state index in [9.17, 15) is 0 Å². The smallest absolute Gasteiger partial charge is 0.0773 e. The maximum Gasteiger partial charge on any atom is 0.0773 e. The molecule has 0 heterocycles. The van der Waals surface area contributed by atoms with Crippen molar-refractivity contribution in [2.24, 2.45) is 0 Å². The molecular weight excluding hydrogens is 216 g/mol. The van der Waals surface area contributed by atoms with E-state index in [-0.39, 0.29) is 10.3 Å². The van der Waals surface area contributed by atoms with E-state index >= 15 is 0 Å². The molecule has 0 spiro atoms. The fraction of sp³-hybridized carbons (Fsp3) is 1.00. The van der Waals surface area contributed by atoms with Crippen molar-refractivity contribution in [3.05, 3.63) is 0 Å². The fourth-order valence-electron chi connectivity index (χ4n) is 1.71. The molecular formula is C14H30OS. The molecule has 0 saturated heterocycles. The van der Waals surface area contributed by atoms with Crippen molar-refractivity contribution < 1.29 is 4.18 Å². The van der Waals surface area contributed by atoms with E-state index in [1.165, 1.54) is 32.1 Å². The highest BCUT2D eigenvalue weighted by Gasteiger charge is 2.25. The molecule has 0 aliphatic carbocycles. The average Bonchev–Trinajstić information content (AvgIpc) is 2.16. The minimum absolute atomic E-state index is 0.0153. The van der Waals surface area contributed by atoms with Gasteiger partial charge in [0.15, 0.2) is 0 Å². The van der Waals surface area contributed by atoms with Crippen molar-refractivity contribution in [3.8, 4) is 0 Å². The minimum atomic E-state index is 0.0153. The number of hydrogen-bond donors (Lipinski definition) is 0. The molecule has 98 valence electrons. The second kappa shape index (κ2) is 7.60. The van der Waals surface area contributed by atoms with E-state index in [4.69, 9.17) is 4.18 Å². The van der Waals surface area contributed by atoms with Gasteiger partial charge in [0.25, 0.3) is 0 Å². The topological polar surface area (TPSA) is 9.23 Å². The van der Waals surface area contributed by atoms with Crippen LogP contribution in [0.1, 0.15) is 80.1 Å². The van der Waals surface area contributed by atoms with Gasteiger partial charge in [-0.2, -0.15) is 0 Å². The van der Waals surface area contributed by atoms with Crippen LogP contribution in [0.4, 0.5) is 0 Å². The quantitative estimate of drug-likeness (QED) is 0.387. The fourth-order valence-corrected chi connectivity index (χ4v) is 2.47. The summed E-state index contributed by atoms with van der Waals surface area (Å²) in [5.41, 5.74) is 0.0153. The molecule has 0 rings (SSSR count). The summed E-state index contributed by atoms with van der Waals surface area (Å²) in [5, 5.41) is 0. The molecule has 0 fully saturated rings. The van der Waals surface area contributed by atoms with E-state index in [1.54, 1.807) is 12.0 Å². The third-order valence-corrected chi connectivity index (χ3v) is 3.92. The lowest BCUT2D eigenvalue weighted by atomic mass is 10.0. The molecule has 2 heteroatoms. The van der Waals surface area contributed by atoms with Crippen LogP contribution < -0.4 is 0 Å². The van der Waals surface area contributed by atoms with Gasteiger partial charge in [-0.3, -0.25) is 0 Å². The first kappa shape index (κ1) is 16.3. The number of rotatable bonds is 9. The van der Waals surface area contributed by atoms with Crippen molar-refractivity contribution in [1.82, 2.24) is 0 Å². The summed E-state index contributed by atoms with van der Waals surface area (Å²) in [6.45, 7) is 13.4. The second-order valence-corrected chi connectivity index (χ2v) is 7.33. The zero-order valence-corrected chi connectivity index (χ0v) is 12.9. The molecule has 0 aliphatic rings. The van der Waals surface area contributed by atoms with E-state index < -0.39 is 0 Å². The van der Waals surface area contributed by atoms with Gasteiger partial charge in [0.1, 0.15) is 0 Å². The summed E-state index contributed by atoms with van der Waals surface area (Å²) in [6, 6.07) is 0. The normalized spacial score (nSPS) is 13.1. The summed E-state index contributed by atoms with van der Waals surface area (Å²) >= 11 is 1.68. The zero-order chi connectivity index (χ0) is 12.7. The van der Waals surface area contributed by atoms with Gasteiger partial charge in [-0.1, -0.05) is 39.5 Å². The summed E-state index contributed by atoms with van der Waals surface area (Å²) in [5.74, 6) is 0. The molecule has 0 saturated carbocycles. The molecule has 0 atom stereocenters. The Morgan fingerprint density at radius 2 is 1.50 bits per heavy atom. The maximum absolute atomic E-state index is 5.98. The Balaban J connectivity index is 3.87. The SMILES string of the molecule is CCCCCC(C)(C)SOC(C)(C)CCC. The molecule has 0 bridgehead atoms. The molecule has 0 radical (unpaired) electrons. The zero-order valence-electron chi connectivity index (χ0n) is 12.1. The monoisotopic (exact) mass is 246 g/mol. The molecule has 0 N–H and O–H groups in total. The van der Waals surface area contributed by atoms with Crippen molar-refractivity contribution in [3.63, 3.8) is 0 Å². The highest BCUT2D eigenvalue weighted by Crippen LogP contribution is 2.35. The van der Waals surface area contributed by atoms with E-state index in [0.29, 0.717) is 0 Å². The van der Waals surface area contributed by atoms with Crippen molar-refractivity contribution >= 4 is 12.0 Å². The first-order chi connectivity index (χ1) is 7.33. The first-order valence-electron chi connectivity index (χ1n) is 6.70. The Hall–Kier alpha value is 0.310. The number of unbranched alkanes of at least 4 members (excludes halogenated alkanes) is 2. The maximum atomic E-state index is 5.98. The van der Waals surface area contributed by atoms with Crippen molar-refractivity contribution in [2.75, 3.05) is 0 Å². The average molecular weight is 246 g/mol. The Bertz CT molecular complexity index is 176. The predicted octanol–water partition coefficient (Wildman–Crippen LogP) is 5.59. The molecule has 16 heavy (non-hydrogen) atoms. The van der Waals surface area contributed by atoms with Gasteiger partial charge >= 0.3 is 0 Å². The lowest BCUT2D eigenvalue weighted by molar-refractivity contribution is 0.125. The Morgan fingerprint density at radius 3 is 2.00 bits per heavy atom. The number of hydrogen-bond acceptors (Lipinski definition) is 2. The van der Waals surface area contributed by atoms with Gasteiger partial charge < -0.3 is 4.18 Å². The van der Waals surface area contributed by atoms with Crippen molar-refractivity contribution in [1.29, 1.82) is 0 Å². The second-order valence-electron chi connectivity index (χ2n) is 5.89. The Morgan fingerprint density at radius 1 is 0.875 bits per heavy atom. The van der Waals surface area contributed by atoms with Crippen LogP contribution in [0.25, 0.3) is 0 Å². The Labute approximate surface area is 107 Å². The minimum Gasteiger partial charge on any atom is -0.309 e. The summed E-state index contributed by atoms with van der Waals surface area (Å²) in [6.07, 6.45) is 7.50. The van der Waals surface area contributed by atoms with Gasteiger partial charge in [-0.15, -0.1) is 0 Å². The van der Waals surface area contributed by atoms with E-state index in [0.717, 1.165) is 6.42 Å². The van der Waals surface area contributed by atoms with Gasteiger partial charge in [0, 0.05) is 4.75 Å². The standard InChI is InChI=1S/C14H30OS/c1-7-9-10-12-14(5,6)16-15-13(3,4)11-8-2/h7-12H2,1-6H3. The van der Waals surface area contributed by atoms with Crippen LogP contribution in [0.5, 0.6) is 0 Å². The lowest BCUT2D eigenvalue weighted by Gasteiger charge is -2.30.